The Kier molecular flexibility index (Phi) is 5.48. The van der Waals surface area contributed by atoms with Gasteiger partial charge in [0.15, 0.2) is 0 Å². The fourth-order valence-corrected chi connectivity index (χ4v) is 4.51. The second-order valence-corrected chi connectivity index (χ2v) is 8.31. The molecule has 8 heteroatoms. The smallest absolute Gasteiger partial charge is 0.348 e. The fourth-order valence-electron chi connectivity index (χ4n) is 2.63. The minimum absolute atomic E-state index is 0.0387. The van der Waals surface area contributed by atoms with Gasteiger partial charge in [0.05, 0.1) is 17.7 Å². The van der Waals surface area contributed by atoms with Crippen LogP contribution in [0.2, 0.25) is 0 Å². The summed E-state index contributed by atoms with van der Waals surface area (Å²) in [5.74, 6) is -0.596. The number of aromatic carboxylic acids is 1. The van der Waals surface area contributed by atoms with Crippen LogP contribution in [0.15, 0.2) is 64.9 Å². The van der Waals surface area contributed by atoms with Gasteiger partial charge >= 0.3 is 5.97 Å². The maximum Gasteiger partial charge on any atom is 0.348 e. The molecule has 0 radical (unpaired) electrons. The van der Waals surface area contributed by atoms with Crippen LogP contribution in [0.1, 0.15) is 20.8 Å². The molecule has 1 aromatic heterocycles. The van der Waals surface area contributed by atoms with E-state index in [9.17, 15) is 13.2 Å². The SMILES string of the molecule is COc1ccc(S(=O)(=O)Nc2ccsc2C(=O)O)cc1Cc1ccccc1. The van der Waals surface area contributed by atoms with Gasteiger partial charge in [0, 0.05) is 6.42 Å². The number of anilines is 1. The van der Waals surface area contributed by atoms with Crippen molar-refractivity contribution in [2.45, 2.75) is 11.3 Å². The third-order valence-corrected chi connectivity index (χ3v) is 6.17. The second-order valence-electron chi connectivity index (χ2n) is 5.71. The van der Waals surface area contributed by atoms with E-state index in [1.807, 2.05) is 30.3 Å². The summed E-state index contributed by atoms with van der Waals surface area (Å²) < 4.78 is 33.2. The normalized spacial score (nSPS) is 11.1. The first kappa shape index (κ1) is 18.9. The summed E-state index contributed by atoms with van der Waals surface area (Å²) in [6, 6.07) is 15.6. The van der Waals surface area contributed by atoms with E-state index < -0.39 is 16.0 Å². The van der Waals surface area contributed by atoms with E-state index in [1.165, 1.54) is 24.6 Å². The third kappa shape index (κ3) is 4.29. The highest BCUT2D eigenvalue weighted by Crippen LogP contribution is 2.28. The molecule has 0 atom stereocenters. The van der Waals surface area contributed by atoms with E-state index in [0.717, 1.165) is 22.5 Å². The van der Waals surface area contributed by atoms with Crippen molar-refractivity contribution in [3.05, 3.63) is 76.0 Å². The Labute approximate surface area is 161 Å². The number of hydrogen-bond donors (Lipinski definition) is 2. The van der Waals surface area contributed by atoms with Gasteiger partial charge in [-0.15, -0.1) is 11.3 Å². The van der Waals surface area contributed by atoms with E-state index in [4.69, 9.17) is 9.84 Å². The van der Waals surface area contributed by atoms with E-state index in [1.54, 1.807) is 12.1 Å². The molecular formula is C19H17NO5S2. The van der Waals surface area contributed by atoms with Crippen molar-refractivity contribution in [1.29, 1.82) is 0 Å². The summed E-state index contributed by atoms with van der Waals surface area (Å²) in [5, 5.41) is 10.7. The number of nitrogens with one attached hydrogen (secondary N) is 1. The van der Waals surface area contributed by atoms with Crippen molar-refractivity contribution in [1.82, 2.24) is 0 Å². The molecule has 0 amide bonds. The van der Waals surface area contributed by atoms with Gasteiger partial charge in [0.25, 0.3) is 10.0 Å². The summed E-state index contributed by atoms with van der Waals surface area (Å²) in [5.41, 5.74) is 1.78. The number of methoxy groups -OCH3 is 1. The van der Waals surface area contributed by atoms with E-state index >= 15 is 0 Å². The average Bonchev–Trinajstić information content (AvgIpc) is 3.10. The molecule has 0 fully saturated rings. The van der Waals surface area contributed by atoms with Crippen LogP contribution in [0, 0.1) is 0 Å². The maximum absolute atomic E-state index is 12.7. The van der Waals surface area contributed by atoms with Crippen molar-refractivity contribution in [3.63, 3.8) is 0 Å². The lowest BCUT2D eigenvalue weighted by Crippen LogP contribution is -2.15. The topological polar surface area (TPSA) is 92.7 Å². The van der Waals surface area contributed by atoms with Crippen LogP contribution in [0.5, 0.6) is 5.75 Å². The highest BCUT2D eigenvalue weighted by molar-refractivity contribution is 7.92. The van der Waals surface area contributed by atoms with Crippen LogP contribution in [-0.4, -0.2) is 26.6 Å². The molecule has 6 nitrogen and oxygen atoms in total. The van der Waals surface area contributed by atoms with Crippen LogP contribution < -0.4 is 9.46 Å². The number of carbonyl (C=O) groups is 1. The molecule has 0 bridgehead atoms. The van der Waals surface area contributed by atoms with Gasteiger partial charge in [0.1, 0.15) is 10.6 Å². The summed E-state index contributed by atoms with van der Waals surface area (Å²) in [4.78, 5) is 11.2. The Balaban J connectivity index is 1.94. The Morgan fingerprint density at radius 1 is 1.15 bits per heavy atom. The Morgan fingerprint density at radius 3 is 2.56 bits per heavy atom. The lowest BCUT2D eigenvalue weighted by molar-refractivity contribution is 0.0703. The number of hydrogen-bond acceptors (Lipinski definition) is 5. The lowest BCUT2D eigenvalue weighted by atomic mass is 10.0. The Morgan fingerprint density at radius 2 is 1.89 bits per heavy atom. The summed E-state index contributed by atoms with van der Waals surface area (Å²) in [6.07, 6.45) is 0.506. The molecule has 0 unspecified atom stereocenters. The standard InChI is InChI=1S/C19H17NO5S2/c1-25-17-8-7-15(12-14(17)11-13-5-3-2-4-6-13)27(23,24)20-16-9-10-26-18(16)19(21)22/h2-10,12,20H,11H2,1H3,(H,21,22). The van der Waals surface area contributed by atoms with Crippen LogP contribution >= 0.6 is 11.3 Å². The predicted octanol–water partition coefficient (Wildman–Crippen LogP) is 3.85. The number of rotatable bonds is 7. The summed E-state index contributed by atoms with van der Waals surface area (Å²) in [6.45, 7) is 0. The van der Waals surface area contributed by atoms with Crippen molar-refractivity contribution < 1.29 is 23.1 Å². The molecular weight excluding hydrogens is 386 g/mol. The number of thiophene rings is 1. The van der Waals surface area contributed by atoms with Gasteiger partial charge in [-0.3, -0.25) is 4.72 Å². The van der Waals surface area contributed by atoms with Crippen LogP contribution in [0.25, 0.3) is 0 Å². The number of ether oxygens (including phenoxy) is 1. The molecule has 0 aliphatic heterocycles. The zero-order valence-corrected chi connectivity index (χ0v) is 16.0. The molecule has 0 saturated carbocycles. The monoisotopic (exact) mass is 403 g/mol. The fraction of sp³-hybridized carbons (Fsp3) is 0.105. The highest BCUT2D eigenvalue weighted by Gasteiger charge is 2.21. The molecule has 3 aromatic rings. The molecule has 3 rings (SSSR count). The maximum atomic E-state index is 12.7. The first-order chi connectivity index (χ1) is 12.9. The molecule has 2 aromatic carbocycles. The molecule has 140 valence electrons. The van der Waals surface area contributed by atoms with Crippen molar-refractivity contribution >= 4 is 33.0 Å². The average molecular weight is 403 g/mol. The minimum Gasteiger partial charge on any atom is -0.496 e. The first-order valence-electron chi connectivity index (χ1n) is 7.95. The van der Waals surface area contributed by atoms with Gasteiger partial charge in [-0.1, -0.05) is 30.3 Å². The number of sulfonamides is 1. The third-order valence-electron chi connectivity index (χ3n) is 3.90. The Bertz CT molecular complexity index is 1060. The number of carboxylic acids is 1. The molecule has 0 spiro atoms. The highest BCUT2D eigenvalue weighted by atomic mass is 32.2. The van der Waals surface area contributed by atoms with E-state index in [2.05, 4.69) is 4.72 Å². The van der Waals surface area contributed by atoms with E-state index in [-0.39, 0.29) is 15.5 Å². The van der Waals surface area contributed by atoms with Crippen molar-refractivity contribution in [2.75, 3.05) is 11.8 Å². The van der Waals surface area contributed by atoms with Crippen LogP contribution in [0.4, 0.5) is 5.69 Å². The molecule has 2 N–H and O–H groups in total. The number of carboxylic acid groups (broad SMARTS) is 1. The van der Waals surface area contributed by atoms with Crippen molar-refractivity contribution in [2.24, 2.45) is 0 Å². The second kappa shape index (κ2) is 7.81. The molecule has 0 saturated heterocycles. The molecule has 1 heterocycles. The molecule has 27 heavy (non-hydrogen) atoms. The zero-order chi connectivity index (χ0) is 19.4. The quantitative estimate of drug-likeness (QED) is 0.625. The summed E-state index contributed by atoms with van der Waals surface area (Å²) >= 11 is 0.958. The van der Waals surface area contributed by atoms with Crippen molar-refractivity contribution in [3.8, 4) is 5.75 Å². The minimum atomic E-state index is -3.94. The predicted molar refractivity (Wildman–Crippen MR) is 104 cm³/mol. The number of benzene rings is 2. The van der Waals surface area contributed by atoms with Gasteiger partial charge in [-0.05, 0) is 40.8 Å². The largest absolute Gasteiger partial charge is 0.496 e. The van der Waals surface area contributed by atoms with Gasteiger partial charge in [-0.25, -0.2) is 13.2 Å². The van der Waals surface area contributed by atoms with Gasteiger partial charge in [0.2, 0.25) is 0 Å². The lowest BCUT2D eigenvalue weighted by Gasteiger charge is -2.12. The van der Waals surface area contributed by atoms with Gasteiger partial charge in [-0.2, -0.15) is 0 Å². The zero-order valence-electron chi connectivity index (χ0n) is 14.4. The summed E-state index contributed by atoms with van der Waals surface area (Å²) in [7, 11) is -2.41. The van der Waals surface area contributed by atoms with E-state index in [0.29, 0.717) is 12.2 Å². The molecule has 0 aliphatic carbocycles. The van der Waals surface area contributed by atoms with Crippen LogP contribution in [0.3, 0.4) is 0 Å². The van der Waals surface area contributed by atoms with Crippen LogP contribution in [-0.2, 0) is 16.4 Å². The molecule has 0 aliphatic rings. The first-order valence-corrected chi connectivity index (χ1v) is 10.3. The Hall–Kier alpha value is -2.84. The van der Waals surface area contributed by atoms with Gasteiger partial charge < -0.3 is 9.84 Å².